The second-order valence-electron chi connectivity index (χ2n) is 5.39. The molecule has 15 heavy (non-hydrogen) atoms. The molecule has 1 aromatic heterocycles. The van der Waals surface area contributed by atoms with E-state index in [1.54, 1.807) is 0 Å². The van der Waals surface area contributed by atoms with Crippen LogP contribution in [0.4, 0.5) is 0 Å². The lowest BCUT2D eigenvalue weighted by Crippen LogP contribution is -2.21. The molecule has 3 heteroatoms. The molecular weight excluding hydrogens is 186 g/mol. The van der Waals surface area contributed by atoms with Crippen molar-refractivity contribution in [2.24, 2.45) is 12.5 Å². The highest BCUT2D eigenvalue weighted by Gasteiger charge is 2.09. The second-order valence-corrected chi connectivity index (χ2v) is 5.39. The zero-order valence-corrected chi connectivity index (χ0v) is 10.6. The van der Waals surface area contributed by atoms with E-state index in [2.05, 4.69) is 37.3 Å². The molecule has 86 valence electrons. The highest BCUT2D eigenvalue weighted by atomic mass is 15.3. The van der Waals surface area contributed by atoms with Crippen molar-refractivity contribution in [1.82, 2.24) is 15.1 Å². The smallest absolute Gasteiger partial charge is 0.0597 e. The van der Waals surface area contributed by atoms with E-state index in [4.69, 9.17) is 0 Å². The number of aryl methyl sites for hydroxylation is 2. The molecule has 1 rings (SSSR count). The quantitative estimate of drug-likeness (QED) is 0.771. The predicted molar refractivity (Wildman–Crippen MR) is 63.7 cm³/mol. The van der Waals surface area contributed by atoms with Crippen LogP contribution in [0.2, 0.25) is 0 Å². The molecule has 0 bridgehead atoms. The highest BCUT2D eigenvalue weighted by Crippen LogP contribution is 2.17. The Morgan fingerprint density at radius 2 is 2.07 bits per heavy atom. The van der Waals surface area contributed by atoms with Gasteiger partial charge < -0.3 is 5.32 Å². The number of nitrogens with zero attached hydrogens (tertiary/aromatic N) is 2. The molecule has 1 aromatic rings. The largest absolute Gasteiger partial charge is 0.311 e. The molecule has 0 atom stereocenters. The molecule has 1 heterocycles. The van der Waals surface area contributed by atoms with Crippen molar-refractivity contribution >= 4 is 0 Å². The lowest BCUT2D eigenvalue weighted by atomic mass is 9.92. The topological polar surface area (TPSA) is 29.9 Å². The summed E-state index contributed by atoms with van der Waals surface area (Å²) in [5.41, 5.74) is 2.75. The summed E-state index contributed by atoms with van der Waals surface area (Å²) in [6.45, 7) is 10.8. The summed E-state index contributed by atoms with van der Waals surface area (Å²) in [4.78, 5) is 0. The fraction of sp³-hybridized carbons (Fsp3) is 0.750. The minimum atomic E-state index is 0.412. The van der Waals surface area contributed by atoms with E-state index in [0.29, 0.717) is 5.41 Å². The summed E-state index contributed by atoms with van der Waals surface area (Å²) in [5.74, 6) is 0. The standard InChI is InChI=1S/C12H23N3/c1-10-8-11(15(5)14-10)9-13-7-6-12(2,3)4/h8,13H,6-7,9H2,1-5H3. The van der Waals surface area contributed by atoms with Gasteiger partial charge in [-0.15, -0.1) is 0 Å². The van der Waals surface area contributed by atoms with Gasteiger partial charge in [0.2, 0.25) is 0 Å². The highest BCUT2D eigenvalue weighted by molar-refractivity contribution is 5.08. The van der Waals surface area contributed by atoms with E-state index in [0.717, 1.165) is 18.8 Å². The molecule has 0 aromatic carbocycles. The van der Waals surface area contributed by atoms with Crippen LogP contribution in [-0.4, -0.2) is 16.3 Å². The van der Waals surface area contributed by atoms with E-state index < -0.39 is 0 Å². The van der Waals surface area contributed by atoms with Gasteiger partial charge in [-0.25, -0.2) is 0 Å². The number of nitrogens with one attached hydrogen (secondary N) is 1. The first-order chi connectivity index (χ1) is 6.88. The van der Waals surface area contributed by atoms with Crippen molar-refractivity contribution in [1.29, 1.82) is 0 Å². The molecule has 0 aliphatic heterocycles. The summed E-state index contributed by atoms with van der Waals surface area (Å²) < 4.78 is 1.94. The van der Waals surface area contributed by atoms with Gasteiger partial charge in [0.05, 0.1) is 11.4 Å². The number of hydrogen-bond donors (Lipinski definition) is 1. The molecule has 3 nitrogen and oxygen atoms in total. The molecular formula is C12H23N3. The van der Waals surface area contributed by atoms with E-state index in [-0.39, 0.29) is 0 Å². The van der Waals surface area contributed by atoms with Gasteiger partial charge in [-0.2, -0.15) is 5.10 Å². The Kier molecular flexibility index (Phi) is 3.91. The average Bonchev–Trinajstić information content (AvgIpc) is 2.37. The van der Waals surface area contributed by atoms with E-state index in [9.17, 15) is 0 Å². The minimum Gasteiger partial charge on any atom is -0.311 e. The van der Waals surface area contributed by atoms with Crippen LogP contribution in [0.25, 0.3) is 0 Å². The van der Waals surface area contributed by atoms with Crippen LogP contribution in [0.15, 0.2) is 6.07 Å². The first-order valence-electron chi connectivity index (χ1n) is 5.59. The van der Waals surface area contributed by atoms with Crippen LogP contribution < -0.4 is 5.32 Å². The van der Waals surface area contributed by atoms with Crippen LogP contribution in [0, 0.1) is 12.3 Å². The van der Waals surface area contributed by atoms with E-state index in [1.165, 1.54) is 12.1 Å². The van der Waals surface area contributed by atoms with Crippen molar-refractivity contribution in [2.45, 2.75) is 40.7 Å². The van der Waals surface area contributed by atoms with Crippen LogP contribution in [0.3, 0.4) is 0 Å². The van der Waals surface area contributed by atoms with Crippen LogP contribution >= 0.6 is 0 Å². The Balaban J connectivity index is 2.29. The van der Waals surface area contributed by atoms with Crippen LogP contribution in [0.5, 0.6) is 0 Å². The van der Waals surface area contributed by atoms with Crippen LogP contribution in [-0.2, 0) is 13.6 Å². The predicted octanol–water partition coefficient (Wildman–Crippen LogP) is 2.25. The molecule has 1 N–H and O–H groups in total. The fourth-order valence-corrected chi connectivity index (χ4v) is 1.51. The van der Waals surface area contributed by atoms with Gasteiger partial charge in [-0.05, 0) is 31.4 Å². The van der Waals surface area contributed by atoms with Gasteiger partial charge in [-0.1, -0.05) is 20.8 Å². The summed E-state index contributed by atoms with van der Waals surface area (Å²) in [6, 6.07) is 2.13. The van der Waals surface area contributed by atoms with Crippen molar-refractivity contribution < 1.29 is 0 Å². The van der Waals surface area contributed by atoms with Gasteiger partial charge in [-0.3, -0.25) is 4.68 Å². The first kappa shape index (κ1) is 12.2. The first-order valence-corrected chi connectivity index (χ1v) is 5.59. The Morgan fingerprint density at radius 1 is 1.40 bits per heavy atom. The van der Waals surface area contributed by atoms with Crippen LogP contribution in [0.1, 0.15) is 38.6 Å². The monoisotopic (exact) mass is 209 g/mol. The lowest BCUT2D eigenvalue weighted by Gasteiger charge is -2.18. The summed E-state index contributed by atoms with van der Waals surface area (Å²) in [7, 11) is 1.99. The van der Waals surface area contributed by atoms with E-state index >= 15 is 0 Å². The molecule has 0 aliphatic carbocycles. The zero-order chi connectivity index (χ0) is 11.5. The fourth-order valence-electron chi connectivity index (χ4n) is 1.51. The number of aromatic nitrogens is 2. The number of hydrogen-bond acceptors (Lipinski definition) is 2. The van der Waals surface area contributed by atoms with Crippen molar-refractivity contribution in [3.8, 4) is 0 Å². The van der Waals surface area contributed by atoms with Gasteiger partial charge in [0.15, 0.2) is 0 Å². The Labute approximate surface area is 92.9 Å². The van der Waals surface area contributed by atoms with Crippen molar-refractivity contribution in [2.75, 3.05) is 6.54 Å². The van der Waals surface area contributed by atoms with Crippen molar-refractivity contribution in [3.05, 3.63) is 17.5 Å². The van der Waals surface area contributed by atoms with E-state index in [1.807, 2.05) is 18.7 Å². The maximum absolute atomic E-state index is 4.32. The zero-order valence-electron chi connectivity index (χ0n) is 10.6. The summed E-state index contributed by atoms with van der Waals surface area (Å²) >= 11 is 0. The Bertz CT molecular complexity index is 307. The number of rotatable bonds is 4. The molecule has 0 saturated heterocycles. The van der Waals surface area contributed by atoms with Crippen molar-refractivity contribution in [3.63, 3.8) is 0 Å². The SMILES string of the molecule is Cc1cc(CNCCC(C)(C)C)n(C)n1. The molecule has 0 amide bonds. The molecule has 0 radical (unpaired) electrons. The summed E-state index contributed by atoms with van der Waals surface area (Å²) in [6.07, 6.45) is 1.20. The third-order valence-corrected chi connectivity index (χ3v) is 2.46. The van der Waals surface area contributed by atoms with Gasteiger partial charge >= 0.3 is 0 Å². The average molecular weight is 209 g/mol. The summed E-state index contributed by atoms with van der Waals surface area (Å²) in [5, 5.41) is 7.77. The third kappa shape index (κ3) is 4.47. The normalized spacial score (nSPS) is 12.1. The molecule has 0 saturated carbocycles. The maximum Gasteiger partial charge on any atom is 0.0597 e. The second kappa shape index (κ2) is 4.79. The molecule has 0 aliphatic rings. The third-order valence-electron chi connectivity index (χ3n) is 2.46. The van der Waals surface area contributed by atoms with Gasteiger partial charge in [0.25, 0.3) is 0 Å². The Morgan fingerprint density at radius 3 is 2.53 bits per heavy atom. The molecule has 0 unspecified atom stereocenters. The lowest BCUT2D eigenvalue weighted by molar-refractivity contribution is 0.365. The van der Waals surface area contributed by atoms with Gasteiger partial charge in [0, 0.05) is 13.6 Å². The molecule has 0 spiro atoms. The Hall–Kier alpha value is -0.830. The maximum atomic E-state index is 4.32. The van der Waals surface area contributed by atoms with Gasteiger partial charge in [0.1, 0.15) is 0 Å². The minimum absolute atomic E-state index is 0.412. The molecule has 0 fully saturated rings.